The lowest BCUT2D eigenvalue weighted by atomic mass is 10.2. The van der Waals surface area contributed by atoms with E-state index in [-0.39, 0.29) is 17.2 Å². The summed E-state index contributed by atoms with van der Waals surface area (Å²) in [4.78, 5) is 11.9. The highest BCUT2D eigenvalue weighted by Gasteiger charge is 2.13. The second-order valence-electron chi connectivity index (χ2n) is 4.05. The Morgan fingerprint density at radius 1 is 1.05 bits per heavy atom. The number of hydrogen-bond donors (Lipinski definition) is 1. The zero-order chi connectivity index (χ0) is 14.7. The Morgan fingerprint density at radius 2 is 1.80 bits per heavy atom. The molecule has 2 N–H and O–H groups in total. The molecule has 2 rings (SSSR count). The monoisotopic (exact) mass is 329 g/mol. The third kappa shape index (κ3) is 3.57. The van der Waals surface area contributed by atoms with Crippen LogP contribution in [-0.2, 0) is 11.3 Å². The molecule has 0 aliphatic rings. The second-order valence-corrected chi connectivity index (χ2v) is 5.30. The van der Waals surface area contributed by atoms with Gasteiger partial charge >= 0.3 is 5.97 Å². The average Bonchev–Trinajstić information content (AvgIpc) is 2.37. The van der Waals surface area contributed by atoms with Crippen LogP contribution in [0.15, 0.2) is 36.4 Å². The Balaban J connectivity index is 2.08. The number of rotatable bonds is 3. The van der Waals surface area contributed by atoms with E-state index in [0.717, 1.165) is 0 Å². The first-order valence-electron chi connectivity index (χ1n) is 5.63. The van der Waals surface area contributed by atoms with E-state index in [2.05, 4.69) is 0 Å². The van der Waals surface area contributed by atoms with Crippen molar-refractivity contribution in [2.45, 2.75) is 6.61 Å². The maximum absolute atomic E-state index is 11.9. The van der Waals surface area contributed by atoms with Crippen molar-refractivity contribution in [3.8, 4) is 0 Å². The standard InChI is InChI=1S/C14H10Cl3NO2/c15-9-2-1-8(12(16)5-9)7-20-14(19)11-4-3-10(18)6-13(11)17/h1-6H,7,18H2. The second kappa shape index (κ2) is 6.35. The van der Waals surface area contributed by atoms with Crippen LogP contribution >= 0.6 is 34.8 Å². The predicted molar refractivity (Wildman–Crippen MR) is 81.4 cm³/mol. The largest absolute Gasteiger partial charge is 0.457 e. The maximum atomic E-state index is 11.9. The minimum Gasteiger partial charge on any atom is -0.457 e. The van der Waals surface area contributed by atoms with E-state index in [1.165, 1.54) is 12.1 Å². The molecule has 0 aromatic heterocycles. The molecule has 0 unspecified atom stereocenters. The van der Waals surface area contributed by atoms with Crippen LogP contribution < -0.4 is 5.73 Å². The topological polar surface area (TPSA) is 52.3 Å². The summed E-state index contributed by atoms with van der Waals surface area (Å²) in [6.07, 6.45) is 0. The lowest BCUT2D eigenvalue weighted by molar-refractivity contribution is 0.0473. The Bertz CT molecular complexity index is 659. The summed E-state index contributed by atoms with van der Waals surface area (Å²) in [6, 6.07) is 9.55. The Kier molecular flexibility index (Phi) is 4.76. The lowest BCUT2D eigenvalue weighted by Crippen LogP contribution is -2.06. The van der Waals surface area contributed by atoms with E-state index in [1.54, 1.807) is 24.3 Å². The van der Waals surface area contributed by atoms with Gasteiger partial charge in [-0.3, -0.25) is 0 Å². The van der Waals surface area contributed by atoms with Gasteiger partial charge in [0, 0.05) is 21.3 Å². The zero-order valence-corrected chi connectivity index (χ0v) is 12.5. The van der Waals surface area contributed by atoms with E-state index in [9.17, 15) is 4.79 Å². The van der Waals surface area contributed by atoms with E-state index in [0.29, 0.717) is 21.3 Å². The van der Waals surface area contributed by atoms with E-state index < -0.39 is 5.97 Å². The molecule has 0 fully saturated rings. The average molecular weight is 331 g/mol. The number of anilines is 1. The normalized spacial score (nSPS) is 10.3. The van der Waals surface area contributed by atoms with Crippen LogP contribution in [-0.4, -0.2) is 5.97 Å². The van der Waals surface area contributed by atoms with Gasteiger partial charge in [-0.05, 0) is 30.3 Å². The number of nitrogens with two attached hydrogens (primary N) is 1. The molecule has 0 saturated carbocycles. The fraction of sp³-hybridized carbons (Fsp3) is 0.0714. The number of carbonyl (C=O) groups excluding carboxylic acids is 1. The molecular formula is C14H10Cl3NO2. The summed E-state index contributed by atoms with van der Waals surface area (Å²) < 4.78 is 5.16. The number of halogens is 3. The predicted octanol–water partition coefficient (Wildman–Crippen LogP) is 4.59. The molecule has 6 heteroatoms. The summed E-state index contributed by atoms with van der Waals surface area (Å²) >= 11 is 17.7. The summed E-state index contributed by atoms with van der Waals surface area (Å²) in [6.45, 7) is 0.0372. The van der Waals surface area contributed by atoms with Crippen molar-refractivity contribution in [2.24, 2.45) is 0 Å². The molecule has 0 atom stereocenters. The first kappa shape index (κ1) is 15.0. The van der Waals surface area contributed by atoms with E-state index >= 15 is 0 Å². The van der Waals surface area contributed by atoms with Crippen molar-refractivity contribution in [2.75, 3.05) is 5.73 Å². The van der Waals surface area contributed by atoms with Gasteiger partial charge in [-0.15, -0.1) is 0 Å². The number of esters is 1. The van der Waals surface area contributed by atoms with Crippen LogP contribution in [0.25, 0.3) is 0 Å². The molecule has 20 heavy (non-hydrogen) atoms. The zero-order valence-electron chi connectivity index (χ0n) is 10.2. The molecule has 0 aliphatic carbocycles. The minimum atomic E-state index is -0.541. The molecule has 2 aromatic carbocycles. The minimum absolute atomic E-state index is 0.0372. The summed E-state index contributed by atoms with van der Waals surface area (Å²) in [5.74, 6) is -0.541. The maximum Gasteiger partial charge on any atom is 0.339 e. The van der Waals surface area contributed by atoms with Crippen LogP contribution in [0.4, 0.5) is 5.69 Å². The molecular weight excluding hydrogens is 321 g/mol. The Labute approximate surface area is 131 Å². The highest BCUT2D eigenvalue weighted by molar-refractivity contribution is 6.35. The highest BCUT2D eigenvalue weighted by Crippen LogP contribution is 2.23. The molecule has 0 amide bonds. The van der Waals surface area contributed by atoms with Crippen molar-refractivity contribution >= 4 is 46.5 Å². The van der Waals surface area contributed by atoms with Crippen molar-refractivity contribution in [1.82, 2.24) is 0 Å². The molecule has 0 heterocycles. The molecule has 0 bridgehead atoms. The van der Waals surface area contributed by atoms with Gasteiger partial charge < -0.3 is 10.5 Å². The van der Waals surface area contributed by atoms with Gasteiger partial charge in [-0.1, -0.05) is 40.9 Å². The molecule has 0 radical (unpaired) electrons. The van der Waals surface area contributed by atoms with Crippen molar-refractivity contribution in [1.29, 1.82) is 0 Å². The van der Waals surface area contributed by atoms with Gasteiger partial charge in [0.25, 0.3) is 0 Å². The molecule has 3 nitrogen and oxygen atoms in total. The van der Waals surface area contributed by atoms with Gasteiger partial charge in [0.15, 0.2) is 0 Å². The Morgan fingerprint density at radius 3 is 2.45 bits per heavy atom. The van der Waals surface area contributed by atoms with Gasteiger partial charge in [0.2, 0.25) is 0 Å². The van der Waals surface area contributed by atoms with Crippen LogP contribution in [0.2, 0.25) is 15.1 Å². The van der Waals surface area contributed by atoms with Crippen molar-refractivity contribution in [3.05, 3.63) is 62.6 Å². The summed E-state index contributed by atoms with van der Waals surface area (Å²) in [5.41, 5.74) is 6.96. The molecule has 0 spiro atoms. The molecule has 0 saturated heterocycles. The Hall–Kier alpha value is -1.42. The third-order valence-corrected chi connectivity index (χ3v) is 3.49. The van der Waals surface area contributed by atoms with Crippen LogP contribution in [0.1, 0.15) is 15.9 Å². The van der Waals surface area contributed by atoms with Gasteiger partial charge in [0.05, 0.1) is 10.6 Å². The molecule has 104 valence electrons. The molecule has 0 aliphatic heterocycles. The van der Waals surface area contributed by atoms with Gasteiger partial charge in [-0.2, -0.15) is 0 Å². The fourth-order valence-electron chi connectivity index (χ4n) is 1.56. The third-order valence-electron chi connectivity index (χ3n) is 2.59. The van der Waals surface area contributed by atoms with Crippen LogP contribution in [0.3, 0.4) is 0 Å². The van der Waals surface area contributed by atoms with Crippen molar-refractivity contribution in [3.63, 3.8) is 0 Å². The number of carbonyl (C=O) groups is 1. The first-order chi connectivity index (χ1) is 9.47. The quantitative estimate of drug-likeness (QED) is 0.661. The summed E-state index contributed by atoms with van der Waals surface area (Å²) in [5, 5.41) is 1.21. The van der Waals surface area contributed by atoms with Gasteiger partial charge in [0.1, 0.15) is 6.61 Å². The van der Waals surface area contributed by atoms with E-state index in [4.69, 9.17) is 45.3 Å². The van der Waals surface area contributed by atoms with Gasteiger partial charge in [-0.25, -0.2) is 4.79 Å². The smallest absolute Gasteiger partial charge is 0.339 e. The number of hydrogen-bond acceptors (Lipinski definition) is 3. The van der Waals surface area contributed by atoms with Crippen LogP contribution in [0, 0.1) is 0 Å². The number of ether oxygens (including phenoxy) is 1. The first-order valence-corrected chi connectivity index (χ1v) is 6.77. The lowest BCUT2D eigenvalue weighted by Gasteiger charge is -2.08. The summed E-state index contributed by atoms with van der Waals surface area (Å²) in [7, 11) is 0. The van der Waals surface area contributed by atoms with Crippen molar-refractivity contribution < 1.29 is 9.53 Å². The van der Waals surface area contributed by atoms with Crippen LogP contribution in [0.5, 0.6) is 0 Å². The highest BCUT2D eigenvalue weighted by atomic mass is 35.5. The SMILES string of the molecule is Nc1ccc(C(=O)OCc2ccc(Cl)cc2Cl)c(Cl)c1. The number of benzene rings is 2. The number of nitrogen functional groups attached to an aromatic ring is 1. The molecule has 2 aromatic rings. The fourth-order valence-corrected chi connectivity index (χ4v) is 2.29. The van der Waals surface area contributed by atoms with E-state index in [1.807, 2.05) is 0 Å².